The van der Waals surface area contributed by atoms with Gasteiger partial charge >= 0.3 is 7.69 Å². The SMILES string of the molecule is CC.CC.CCC(C)CNC(=O)c1ccc(O[B]O)cc1. The van der Waals surface area contributed by atoms with Crippen molar-refractivity contribution in [2.24, 2.45) is 5.92 Å². The summed E-state index contributed by atoms with van der Waals surface area (Å²) in [5.41, 5.74) is 0.582. The molecule has 1 aromatic carbocycles. The van der Waals surface area contributed by atoms with Crippen LogP contribution >= 0.6 is 0 Å². The lowest BCUT2D eigenvalue weighted by atomic mass is 10.1. The lowest BCUT2D eigenvalue weighted by Gasteiger charge is -2.10. The predicted molar refractivity (Wildman–Crippen MR) is 89.5 cm³/mol. The molecule has 1 unspecified atom stereocenters. The van der Waals surface area contributed by atoms with E-state index in [0.717, 1.165) is 6.42 Å². The van der Waals surface area contributed by atoms with Gasteiger partial charge in [-0.25, -0.2) is 0 Å². The van der Waals surface area contributed by atoms with Gasteiger partial charge in [0, 0.05) is 12.1 Å². The largest absolute Gasteiger partial charge is 0.569 e. The molecule has 0 bridgehead atoms. The summed E-state index contributed by atoms with van der Waals surface area (Å²) in [7, 11) is 0.609. The molecular weight excluding hydrogens is 265 g/mol. The molecule has 0 aliphatic heterocycles. The van der Waals surface area contributed by atoms with Crippen LogP contribution in [0.2, 0.25) is 0 Å². The molecule has 0 aliphatic carbocycles. The molecule has 1 rings (SSSR count). The smallest absolute Gasteiger partial charge is 0.537 e. The minimum absolute atomic E-state index is 0.0928. The summed E-state index contributed by atoms with van der Waals surface area (Å²) in [5, 5.41) is 11.3. The average Bonchev–Trinajstić information content (AvgIpc) is 2.57. The van der Waals surface area contributed by atoms with Crippen molar-refractivity contribution in [3.05, 3.63) is 29.8 Å². The van der Waals surface area contributed by atoms with E-state index in [1.807, 2.05) is 27.7 Å². The molecule has 1 atom stereocenters. The number of amides is 1. The lowest BCUT2D eigenvalue weighted by Crippen LogP contribution is -2.27. The monoisotopic (exact) mass is 294 g/mol. The number of carbonyl (C=O) groups excluding carboxylic acids is 1. The van der Waals surface area contributed by atoms with Crippen molar-refractivity contribution in [1.29, 1.82) is 0 Å². The first-order valence-corrected chi connectivity index (χ1v) is 7.68. The standard InChI is InChI=1S/C12H17BNO3.2C2H6/c1-3-9(2)8-14-12(15)10-4-6-11(7-5-10)17-13-16;2*1-2/h4-7,9,16H,3,8H2,1-2H3,(H,14,15);2*1-2H3. The fourth-order valence-electron chi connectivity index (χ4n) is 1.26. The van der Waals surface area contributed by atoms with E-state index in [2.05, 4.69) is 19.2 Å². The topological polar surface area (TPSA) is 58.6 Å². The van der Waals surface area contributed by atoms with Gasteiger partial charge in [-0.2, -0.15) is 0 Å². The van der Waals surface area contributed by atoms with Crippen LogP contribution in [-0.4, -0.2) is 25.2 Å². The van der Waals surface area contributed by atoms with Crippen LogP contribution in [0.25, 0.3) is 0 Å². The Balaban J connectivity index is 0. The van der Waals surface area contributed by atoms with E-state index in [1.54, 1.807) is 24.3 Å². The van der Waals surface area contributed by atoms with Gasteiger partial charge in [-0.15, -0.1) is 0 Å². The van der Waals surface area contributed by atoms with E-state index in [4.69, 9.17) is 9.68 Å². The van der Waals surface area contributed by atoms with Crippen molar-refractivity contribution >= 4 is 13.6 Å². The van der Waals surface area contributed by atoms with E-state index < -0.39 is 0 Å². The zero-order chi connectivity index (χ0) is 16.7. The molecular formula is C16H29BNO3. The maximum absolute atomic E-state index is 11.7. The summed E-state index contributed by atoms with van der Waals surface area (Å²) in [6.07, 6.45) is 1.04. The third-order valence-corrected chi connectivity index (χ3v) is 2.61. The Kier molecular flexibility index (Phi) is 15.5. The first kappa shape index (κ1) is 21.8. The van der Waals surface area contributed by atoms with Crippen LogP contribution in [0.1, 0.15) is 58.3 Å². The van der Waals surface area contributed by atoms with Crippen molar-refractivity contribution in [2.75, 3.05) is 6.54 Å². The van der Waals surface area contributed by atoms with E-state index in [-0.39, 0.29) is 5.91 Å². The van der Waals surface area contributed by atoms with Gasteiger partial charge in [-0.1, -0.05) is 48.0 Å². The highest BCUT2D eigenvalue weighted by Crippen LogP contribution is 2.11. The van der Waals surface area contributed by atoms with Crippen LogP contribution in [-0.2, 0) is 0 Å². The summed E-state index contributed by atoms with van der Waals surface area (Å²) in [6, 6.07) is 6.57. The summed E-state index contributed by atoms with van der Waals surface area (Å²) < 4.78 is 4.76. The number of carbonyl (C=O) groups is 1. The predicted octanol–water partition coefficient (Wildman–Crippen LogP) is 3.42. The van der Waals surface area contributed by atoms with Crippen molar-refractivity contribution in [1.82, 2.24) is 5.32 Å². The minimum Gasteiger partial charge on any atom is -0.537 e. The molecule has 0 fully saturated rings. The zero-order valence-corrected chi connectivity index (χ0v) is 14.1. The molecule has 0 spiro atoms. The van der Waals surface area contributed by atoms with Crippen LogP contribution < -0.4 is 9.97 Å². The molecule has 4 nitrogen and oxygen atoms in total. The highest BCUT2D eigenvalue weighted by molar-refractivity contribution is 6.17. The van der Waals surface area contributed by atoms with Gasteiger partial charge in [-0.05, 0) is 30.2 Å². The number of benzene rings is 1. The quantitative estimate of drug-likeness (QED) is 0.790. The van der Waals surface area contributed by atoms with Crippen molar-refractivity contribution in [3.8, 4) is 5.75 Å². The lowest BCUT2D eigenvalue weighted by molar-refractivity contribution is 0.0948. The fourth-order valence-corrected chi connectivity index (χ4v) is 1.26. The minimum atomic E-state index is -0.0928. The van der Waals surface area contributed by atoms with Crippen LogP contribution in [0.4, 0.5) is 0 Å². The fraction of sp³-hybridized carbons (Fsp3) is 0.562. The Morgan fingerprint density at radius 1 is 1.24 bits per heavy atom. The average molecular weight is 294 g/mol. The van der Waals surface area contributed by atoms with Crippen molar-refractivity contribution in [3.63, 3.8) is 0 Å². The van der Waals surface area contributed by atoms with Gasteiger partial charge in [0.05, 0.1) is 0 Å². The Hall–Kier alpha value is -1.49. The van der Waals surface area contributed by atoms with E-state index in [0.29, 0.717) is 31.5 Å². The molecule has 2 N–H and O–H groups in total. The molecule has 1 aromatic rings. The third kappa shape index (κ3) is 9.96. The van der Waals surface area contributed by atoms with Crippen molar-refractivity contribution in [2.45, 2.75) is 48.0 Å². The molecule has 0 aromatic heterocycles. The van der Waals surface area contributed by atoms with Gasteiger partial charge < -0.3 is 15.0 Å². The Labute approximate surface area is 130 Å². The molecule has 119 valence electrons. The summed E-state index contributed by atoms with van der Waals surface area (Å²) >= 11 is 0. The zero-order valence-electron chi connectivity index (χ0n) is 14.1. The maximum atomic E-state index is 11.7. The van der Waals surface area contributed by atoms with Crippen LogP contribution in [0.3, 0.4) is 0 Å². The molecule has 0 aliphatic rings. The molecule has 0 saturated carbocycles. The highest BCUT2D eigenvalue weighted by Gasteiger charge is 2.07. The van der Waals surface area contributed by atoms with Crippen molar-refractivity contribution < 1.29 is 14.5 Å². The summed E-state index contributed by atoms with van der Waals surface area (Å²) in [4.78, 5) is 11.7. The third-order valence-electron chi connectivity index (χ3n) is 2.61. The number of rotatable bonds is 6. The summed E-state index contributed by atoms with van der Waals surface area (Å²) in [5.74, 6) is 0.876. The van der Waals surface area contributed by atoms with E-state index in [9.17, 15) is 4.79 Å². The second-order valence-corrected chi connectivity index (χ2v) is 3.97. The van der Waals surface area contributed by atoms with Gasteiger partial charge in [0.2, 0.25) is 0 Å². The maximum Gasteiger partial charge on any atom is 0.569 e. The van der Waals surface area contributed by atoms with Crippen LogP contribution in [0.5, 0.6) is 5.75 Å². The van der Waals surface area contributed by atoms with Gasteiger partial charge in [0.15, 0.2) is 0 Å². The number of hydrogen-bond acceptors (Lipinski definition) is 3. The Morgan fingerprint density at radius 3 is 2.19 bits per heavy atom. The first-order valence-electron chi connectivity index (χ1n) is 7.68. The Morgan fingerprint density at radius 2 is 1.76 bits per heavy atom. The van der Waals surface area contributed by atoms with E-state index in [1.165, 1.54) is 0 Å². The normalized spacial score (nSPS) is 10.0. The second-order valence-electron chi connectivity index (χ2n) is 3.97. The molecule has 0 heterocycles. The number of nitrogens with one attached hydrogen (secondary N) is 1. The van der Waals surface area contributed by atoms with E-state index >= 15 is 0 Å². The first-order chi connectivity index (χ1) is 10.2. The summed E-state index contributed by atoms with van der Waals surface area (Å²) in [6.45, 7) is 12.9. The van der Waals surface area contributed by atoms with Gasteiger partial charge in [0.25, 0.3) is 5.91 Å². The van der Waals surface area contributed by atoms with Crippen LogP contribution in [0.15, 0.2) is 24.3 Å². The molecule has 5 heteroatoms. The second kappa shape index (κ2) is 14.9. The van der Waals surface area contributed by atoms with Gasteiger partial charge in [0.1, 0.15) is 5.75 Å². The number of hydrogen-bond donors (Lipinski definition) is 2. The Bertz CT molecular complexity index is 355. The van der Waals surface area contributed by atoms with Crippen LogP contribution in [0, 0.1) is 5.92 Å². The highest BCUT2D eigenvalue weighted by atomic mass is 16.5. The molecule has 1 amide bonds. The molecule has 0 saturated heterocycles. The molecule has 1 radical (unpaired) electrons. The molecule has 21 heavy (non-hydrogen) atoms. The van der Waals surface area contributed by atoms with Gasteiger partial charge in [-0.3, -0.25) is 4.79 Å².